The number of aromatic nitrogens is 1. The molecule has 12 heteroatoms. The summed E-state index contributed by atoms with van der Waals surface area (Å²) in [6.07, 6.45) is -3.51. The van der Waals surface area contributed by atoms with Gasteiger partial charge in [-0.25, -0.2) is 5.48 Å². The molecule has 2 aliphatic rings. The zero-order valence-corrected chi connectivity index (χ0v) is 18.5. The molecule has 32 heavy (non-hydrogen) atoms. The highest BCUT2D eigenvalue weighted by Gasteiger charge is 2.58. The molecule has 0 bridgehead atoms. The lowest BCUT2D eigenvalue weighted by molar-refractivity contribution is -0.183. The second-order valence-corrected chi connectivity index (χ2v) is 8.61. The van der Waals surface area contributed by atoms with Gasteiger partial charge < -0.3 is 5.32 Å². The molecule has 2 aromatic rings. The maximum Gasteiger partial charge on any atom is 0.400 e. The third kappa shape index (κ3) is 4.19. The fourth-order valence-electron chi connectivity index (χ4n) is 3.54. The first kappa shape index (κ1) is 22.9. The molecule has 0 saturated carbocycles. The zero-order chi connectivity index (χ0) is 23.1. The molecule has 1 saturated heterocycles. The Balaban J connectivity index is 1.54. The van der Waals surface area contributed by atoms with Crippen LogP contribution in [0.3, 0.4) is 0 Å². The first-order valence-electron chi connectivity index (χ1n) is 9.35. The van der Waals surface area contributed by atoms with Gasteiger partial charge in [0.05, 0.1) is 22.3 Å². The number of rotatable bonds is 4. The van der Waals surface area contributed by atoms with Crippen molar-refractivity contribution in [2.45, 2.75) is 24.1 Å². The molecule has 2 aliphatic heterocycles. The highest BCUT2D eigenvalue weighted by molar-refractivity contribution is 7.80. The van der Waals surface area contributed by atoms with E-state index in [1.807, 2.05) is 0 Å². The Morgan fingerprint density at radius 1 is 1.25 bits per heavy atom. The van der Waals surface area contributed by atoms with Crippen LogP contribution in [-0.2, 0) is 15.0 Å². The molecule has 1 amide bonds. The van der Waals surface area contributed by atoms with Crippen molar-refractivity contribution in [1.82, 2.24) is 15.8 Å². The van der Waals surface area contributed by atoms with Crippen LogP contribution in [0.2, 0.25) is 10.0 Å². The number of hydrogen-bond donors (Lipinski definition) is 2. The van der Waals surface area contributed by atoms with Crippen molar-refractivity contribution < 1.29 is 22.8 Å². The van der Waals surface area contributed by atoms with E-state index in [4.69, 9.17) is 40.3 Å². The van der Waals surface area contributed by atoms with Gasteiger partial charge in [-0.2, -0.15) is 13.2 Å². The maximum absolute atomic E-state index is 14.2. The molecule has 168 valence electrons. The Labute approximate surface area is 196 Å². The zero-order valence-electron chi connectivity index (χ0n) is 16.2. The minimum absolute atomic E-state index is 0.00478. The summed E-state index contributed by atoms with van der Waals surface area (Å²) in [7, 11) is 0. The van der Waals surface area contributed by atoms with Crippen molar-refractivity contribution in [1.29, 1.82) is 0 Å². The summed E-state index contributed by atoms with van der Waals surface area (Å²) in [6.45, 7) is -0.357. The monoisotopic (exact) mass is 502 g/mol. The van der Waals surface area contributed by atoms with E-state index in [9.17, 15) is 18.0 Å². The molecule has 0 radical (unpaired) electrons. The van der Waals surface area contributed by atoms with E-state index in [0.29, 0.717) is 11.3 Å². The standard InChI is InChI=1S/C20H15Cl2F3N4O2S/c21-12-3-2-11(5-13(12)22)19(20(23,24)25)6-15(27-9-19)10-1-4-14(26-7-10)18(32)28-16-8-31-29-17(16)30/h1-5,7,16H,6,8-9H2,(H,28,32)(H,29,30). The normalized spacial score (nSPS) is 23.1. The Hall–Kier alpha value is -2.27. The minimum atomic E-state index is -4.56. The van der Waals surface area contributed by atoms with Gasteiger partial charge >= 0.3 is 6.18 Å². The predicted octanol–water partition coefficient (Wildman–Crippen LogP) is 3.78. The van der Waals surface area contributed by atoms with Gasteiger partial charge in [0, 0.05) is 23.9 Å². The molecule has 4 rings (SSSR count). The number of pyridine rings is 1. The lowest BCUT2D eigenvalue weighted by atomic mass is 9.77. The van der Waals surface area contributed by atoms with Crippen molar-refractivity contribution in [2.24, 2.45) is 4.99 Å². The largest absolute Gasteiger partial charge is 0.400 e. The summed E-state index contributed by atoms with van der Waals surface area (Å²) < 4.78 is 42.6. The lowest BCUT2D eigenvalue weighted by Gasteiger charge is -2.31. The van der Waals surface area contributed by atoms with Crippen LogP contribution in [0.25, 0.3) is 0 Å². The Morgan fingerprint density at radius 3 is 2.62 bits per heavy atom. The quantitative estimate of drug-likeness (QED) is 0.622. The average Bonchev–Trinajstić information content (AvgIpc) is 3.38. The van der Waals surface area contributed by atoms with Gasteiger partial charge in [0.25, 0.3) is 5.91 Å². The van der Waals surface area contributed by atoms with Crippen LogP contribution in [0.15, 0.2) is 41.5 Å². The van der Waals surface area contributed by atoms with Gasteiger partial charge in [-0.1, -0.05) is 41.5 Å². The molecular weight excluding hydrogens is 488 g/mol. The first-order valence-corrected chi connectivity index (χ1v) is 10.5. The number of carbonyl (C=O) groups excluding carboxylic acids is 1. The van der Waals surface area contributed by atoms with Gasteiger partial charge in [-0.3, -0.25) is 19.6 Å². The average molecular weight is 503 g/mol. The van der Waals surface area contributed by atoms with Crippen molar-refractivity contribution in [3.05, 3.63) is 63.4 Å². The fraction of sp³-hybridized carbons (Fsp3) is 0.300. The third-order valence-corrected chi connectivity index (χ3v) is 6.46. The molecular formula is C20H15Cl2F3N4O2S. The van der Waals surface area contributed by atoms with Crippen LogP contribution >= 0.6 is 35.4 Å². The Kier molecular flexibility index (Phi) is 6.15. The van der Waals surface area contributed by atoms with Gasteiger partial charge in [-0.15, -0.1) is 0 Å². The number of amides is 1. The number of aliphatic imine (C=N–C) groups is 1. The van der Waals surface area contributed by atoms with E-state index in [2.05, 4.69) is 20.8 Å². The molecule has 1 aromatic carbocycles. The van der Waals surface area contributed by atoms with E-state index in [0.717, 1.165) is 0 Å². The minimum Gasteiger partial charge on any atom is -0.361 e. The first-order chi connectivity index (χ1) is 15.1. The van der Waals surface area contributed by atoms with E-state index in [1.165, 1.54) is 24.4 Å². The summed E-state index contributed by atoms with van der Waals surface area (Å²) in [5, 5.41) is 3.06. The number of hydrogen-bond acceptors (Lipinski definition) is 5. The topological polar surface area (TPSA) is 75.6 Å². The van der Waals surface area contributed by atoms with Crippen LogP contribution in [0.5, 0.6) is 0 Å². The van der Waals surface area contributed by atoms with Crippen LogP contribution in [0, 0.1) is 0 Å². The number of halogens is 5. The van der Waals surface area contributed by atoms with Gasteiger partial charge in [-0.05, 0) is 29.8 Å². The van der Waals surface area contributed by atoms with E-state index in [-0.39, 0.29) is 45.2 Å². The van der Waals surface area contributed by atoms with Gasteiger partial charge in [0.1, 0.15) is 23.1 Å². The maximum atomic E-state index is 14.2. The number of benzene rings is 1. The van der Waals surface area contributed by atoms with Crippen molar-refractivity contribution in [2.75, 3.05) is 13.2 Å². The summed E-state index contributed by atoms with van der Waals surface area (Å²) in [4.78, 5) is 25.0. The second-order valence-electron chi connectivity index (χ2n) is 7.38. The SMILES string of the molecule is O=C1NOCC1NC(=S)c1ccc(C2=NCC(c3ccc(Cl)c(Cl)c3)(C(F)(F)F)C2)cn1. The summed E-state index contributed by atoms with van der Waals surface area (Å²) in [5.74, 6) is -0.352. The molecule has 6 nitrogen and oxygen atoms in total. The number of thiocarbonyl (C=S) groups is 1. The molecule has 2 atom stereocenters. The third-order valence-electron chi connectivity index (χ3n) is 5.40. The molecule has 2 unspecified atom stereocenters. The molecule has 2 N–H and O–H groups in total. The highest BCUT2D eigenvalue weighted by atomic mass is 35.5. The molecule has 1 aromatic heterocycles. The van der Waals surface area contributed by atoms with Gasteiger partial charge in [0.2, 0.25) is 0 Å². The lowest BCUT2D eigenvalue weighted by Crippen LogP contribution is -2.43. The fourth-order valence-corrected chi connectivity index (χ4v) is 4.10. The van der Waals surface area contributed by atoms with Crippen LogP contribution < -0.4 is 10.8 Å². The van der Waals surface area contributed by atoms with Crippen molar-refractivity contribution in [3.63, 3.8) is 0 Å². The van der Waals surface area contributed by atoms with Crippen LogP contribution in [-0.4, -0.2) is 47.0 Å². The molecule has 3 heterocycles. The van der Waals surface area contributed by atoms with E-state index >= 15 is 0 Å². The number of hydroxylamine groups is 1. The second kappa shape index (κ2) is 8.58. The number of nitrogens with zero attached hydrogens (tertiary/aromatic N) is 2. The Bertz CT molecular complexity index is 1110. The highest BCUT2D eigenvalue weighted by Crippen LogP contribution is 2.48. The van der Waals surface area contributed by atoms with E-state index in [1.54, 1.807) is 12.1 Å². The van der Waals surface area contributed by atoms with Gasteiger partial charge in [0.15, 0.2) is 0 Å². The summed E-state index contributed by atoms with van der Waals surface area (Å²) in [5.41, 5.74) is 1.10. The predicted molar refractivity (Wildman–Crippen MR) is 117 cm³/mol. The molecule has 0 spiro atoms. The van der Waals surface area contributed by atoms with Crippen molar-refractivity contribution >= 4 is 52.0 Å². The van der Waals surface area contributed by atoms with Crippen LogP contribution in [0.1, 0.15) is 23.2 Å². The number of carbonyl (C=O) groups is 1. The Morgan fingerprint density at radius 2 is 2.03 bits per heavy atom. The number of alkyl halides is 3. The number of nitrogens with one attached hydrogen (secondary N) is 2. The summed E-state index contributed by atoms with van der Waals surface area (Å²) in [6, 6.07) is 6.44. The molecule has 0 aliphatic carbocycles. The van der Waals surface area contributed by atoms with Crippen molar-refractivity contribution in [3.8, 4) is 0 Å². The summed E-state index contributed by atoms with van der Waals surface area (Å²) >= 11 is 17.1. The molecule has 1 fully saturated rings. The van der Waals surface area contributed by atoms with Crippen LogP contribution in [0.4, 0.5) is 13.2 Å². The smallest absolute Gasteiger partial charge is 0.361 e. The van der Waals surface area contributed by atoms with E-state index < -0.39 is 24.2 Å².